The van der Waals surface area contributed by atoms with Gasteiger partial charge in [0.2, 0.25) is 0 Å². The van der Waals surface area contributed by atoms with Crippen LogP contribution in [0, 0.1) is 0 Å². The van der Waals surface area contributed by atoms with Gasteiger partial charge in [-0.05, 0) is 29.8 Å². The molecule has 0 atom stereocenters. The van der Waals surface area contributed by atoms with Gasteiger partial charge < -0.3 is 5.32 Å². The molecule has 2 aromatic rings. The van der Waals surface area contributed by atoms with Gasteiger partial charge in [0, 0.05) is 12.7 Å². The highest BCUT2D eigenvalue weighted by atomic mass is 19.4. The third-order valence-electron chi connectivity index (χ3n) is 2.42. The van der Waals surface area contributed by atoms with Crippen LogP contribution in [0.25, 0.3) is 0 Å². The molecular weight excluding hydrogens is 241 g/mol. The summed E-state index contributed by atoms with van der Waals surface area (Å²) in [5, 5.41) is 3.03. The lowest BCUT2D eigenvalue weighted by Crippen LogP contribution is -2.05. The third-order valence-corrected chi connectivity index (χ3v) is 2.42. The summed E-state index contributed by atoms with van der Waals surface area (Å²) in [5.41, 5.74) is 0.137. The Morgan fingerprint density at radius 2 is 1.72 bits per heavy atom. The Labute approximate surface area is 102 Å². The quantitative estimate of drug-likeness (QED) is 0.900. The van der Waals surface area contributed by atoms with Crippen molar-refractivity contribution in [2.45, 2.75) is 12.7 Å². The number of anilines is 1. The number of rotatable bonds is 3. The highest BCUT2D eigenvalue weighted by Gasteiger charge is 2.29. The summed E-state index contributed by atoms with van der Waals surface area (Å²) in [5.74, 6) is 0.692. The molecule has 2 rings (SSSR count). The fraction of sp³-hybridized carbons (Fsp3) is 0.154. The number of benzene rings is 1. The molecule has 0 aliphatic rings. The Kier molecular flexibility index (Phi) is 3.50. The topological polar surface area (TPSA) is 24.9 Å². The van der Waals surface area contributed by atoms with Gasteiger partial charge in [-0.15, -0.1) is 0 Å². The molecule has 5 heteroatoms. The number of hydrogen-bond donors (Lipinski definition) is 1. The second kappa shape index (κ2) is 5.08. The van der Waals surface area contributed by atoms with Gasteiger partial charge in [0.05, 0.1) is 5.56 Å². The normalized spacial score (nSPS) is 11.3. The summed E-state index contributed by atoms with van der Waals surface area (Å²) >= 11 is 0. The molecule has 0 saturated carbocycles. The van der Waals surface area contributed by atoms with E-state index in [2.05, 4.69) is 10.3 Å². The Morgan fingerprint density at radius 1 is 1.00 bits per heavy atom. The van der Waals surface area contributed by atoms with Gasteiger partial charge in [0.1, 0.15) is 5.82 Å². The smallest absolute Gasteiger partial charge is 0.366 e. The summed E-state index contributed by atoms with van der Waals surface area (Å²) < 4.78 is 37.0. The molecule has 1 aromatic carbocycles. The Hall–Kier alpha value is -2.04. The highest BCUT2D eigenvalue weighted by molar-refractivity contribution is 5.35. The van der Waals surface area contributed by atoms with Crippen molar-refractivity contribution in [3.8, 4) is 0 Å². The number of hydrogen-bond acceptors (Lipinski definition) is 2. The molecule has 1 heterocycles. The first-order valence-electron chi connectivity index (χ1n) is 5.37. The molecule has 0 bridgehead atoms. The SMILES string of the molecule is FC(F)(F)c1ccc(CNc2ccccn2)cc1. The zero-order chi connectivity index (χ0) is 13.0. The number of halogens is 3. The van der Waals surface area contributed by atoms with E-state index in [1.165, 1.54) is 12.1 Å². The average molecular weight is 252 g/mol. The number of pyridine rings is 1. The molecule has 94 valence electrons. The maximum Gasteiger partial charge on any atom is 0.416 e. The minimum atomic E-state index is -4.28. The molecule has 0 fully saturated rings. The van der Waals surface area contributed by atoms with E-state index in [1.54, 1.807) is 18.3 Å². The zero-order valence-corrected chi connectivity index (χ0v) is 9.41. The minimum absolute atomic E-state index is 0.440. The molecular formula is C13H11F3N2. The van der Waals surface area contributed by atoms with Crippen molar-refractivity contribution in [2.75, 3.05) is 5.32 Å². The van der Waals surface area contributed by atoms with Crippen molar-refractivity contribution in [2.24, 2.45) is 0 Å². The number of aromatic nitrogens is 1. The highest BCUT2D eigenvalue weighted by Crippen LogP contribution is 2.29. The van der Waals surface area contributed by atoms with Gasteiger partial charge >= 0.3 is 6.18 Å². The predicted octanol–water partition coefficient (Wildman–Crippen LogP) is 3.71. The lowest BCUT2D eigenvalue weighted by atomic mass is 10.1. The lowest BCUT2D eigenvalue weighted by Gasteiger charge is -2.08. The molecule has 0 unspecified atom stereocenters. The molecule has 2 nitrogen and oxygen atoms in total. The molecule has 0 saturated heterocycles. The zero-order valence-electron chi connectivity index (χ0n) is 9.41. The molecule has 0 amide bonds. The number of alkyl halides is 3. The summed E-state index contributed by atoms with van der Waals surface area (Å²) in [6.45, 7) is 0.440. The van der Waals surface area contributed by atoms with Crippen LogP contribution in [0.3, 0.4) is 0 Å². The molecule has 0 radical (unpaired) electrons. The number of nitrogens with one attached hydrogen (secondary N) is 1. The van der Waals surface area contributed by atoms with E-state index in [4.69, 9.17) is 0 Å². The molecule has 1 aromatic heterocycles. The van der Waals surface area contributed by atoms with Crippen molar-refractivity contribution in [1.82, 2.24) is 4.98 Å². The molecule has 0 aliphatic heterocycles. The van der Waals surface area contributed by atoms with Crippen LogP contribution in [0.5, 0.6) is 0 Å². The van der Waals surface area contributed by atoms with Crippen LogP contribution in [-0.4, -0.2) is 4.98 Å². The van der Waals surface area contributed by atoms with E-state index in [1.807, 2.05) is 6.07 Å². The van der Waals surface area contributed by atoms with Crippen molar-refractivity contribution in [3.05, 3.63) is 59.8 Å². The first-order valence-corrected chi connectivity index (χ1v) is 5.37. The monoisotopic (exact) mass is 252 g/mol. The number of nitrogens with zero attached hydrogens (tertiary/aromatic N) is 1. The maximum absolute atomic E-state index is 12.3. The molecule has 0 spiro atoms. The summed E-state index contributed by atoms with van der Waals surface area (Å²) in [6.07, 6.45) is -2.64. The second-order valence-electron chi connectivity index (χ2n) is 3.76. The maximum atomic E-state index is 12.3. The van der Waals surface area contributed by atoms with Crippen LogP contribution < -0.4 is 5.32 Å². The van der Waals surface area contributed by atoms with E-state index in [0.717, 1.165) is 17.7 Å². The fourth-order valence-electron chi connectivity index (χ4n) is 1.47. The standard InChI is InChI=1S/C13H11F3N2/c14-13(15,16)11-6-4-10(5-7-11)9-18-12-3-1-2-8-17-12/h1-8H,9H2,(H,17,18). The fourth-order valence-corrected chi connectivity index (χ4v) is 1.47. The van der Waals surface area contributed by atoms with Crippen LogP contribution in [0.1, 0.15) is 11.1 Å². The third kappa shape index (κ3) is 3.23. The van der Waals surface area contributed by atoms with Gasteiger partial charge in [-0.25, -0.2) is 4.98 Å². The predicted molar refractivity (Wildman–Crippen MR) is 63.0 cm³/mol. The summed E-state index contributed by atoms with van der Waals surface area (Å²) in [6, 6.07) is 10.5. The van der Waals surface area contributed by atoms with Crippen LogP contribution >= 0.6 is 0 Å². The first-order chi connectivity index (χ1) is 8.55. The largest absolute Gasteiger partial charge is 0.416 e. The van der Waals surface area contributed by atoms with Crippen molar-refractivity contribution in [3.63, 3.8) is 0 Å². The van der Waals surface area contributed by atoms with Gasteiger partial charge in [-0.2, -0.15) is 13.2 Å². The summed E-state index contributed by atoms with van der Waals surface area (Å²) in [4.78, 5) is 4.06. The molecule has 0 aliphatic carbocycles. The van der Waals surface area contributed by atoms with E-state index < -0.39 is 11.7 Å². The average Bonchev–Trinajstić information content (AvgIpc) is 2.37. The van der Waals surface area contributed by atoms with Crippen molar-refractivity contribution in [1.29, 1.82) is 0 Å². The van der Waals surface area contributed by atoms with E-state index in [0.29, 0.717) is 12.4 Å². The van der Waals surface area contributed by atoms with Crippen LogP contribution in [0.4, 0.5) is 19.0 Å². The summed E-state index contributed by atoms with van der Waals surface area (Å²) in [7, 11) is 0. The Morgan fingerprint density at radius 3 is 2.28 bits per heavy atom. The van der Waals surface area contributed by atoms with Crippen LogP contribution in [-0.2, 0) is 12.7 Å². The first kappa shape index (κ1) is 12.4. The lowest BCUT2D eigenvalue weighted by molar-refractivity contribution is -0.137. The van der Waals surface area contributed by atoms with E-state index in [-0.39, 0.29) is 0 Å². The second-order valence-corrected chi connectivity index (χ2v) is 3.76. The van der Waals surface area contributed by atoms with Gasteiger partial charge in [0.15, 0.2) is 0 Å². The molecule has 18 heavy (non-hydrogen) atoms. The van der Waals surface area contributed by atoms with Crippen LogP contribution in [0.15, 0.2) is 48.7 Å². The van der Waals surface area contributed by atoms with Gasteiger partial charge in [-0.1, -0.05) is 18.2 Å². The van der Waals surface area contributed by atoms with Gasteiger partial charge in [0.25, 0.3) is 0 Å². The van der Waals surface area contributed by atoms with E-state index in [9.17, 15) is 13.2 Å². The van der Waals surface area contributed by atoms with Crippen molar-refractivity contribution >= 4 is 5.82 Å². The Bertz CT molecular complexity index is 492. The van der Waals surface area contributed by atoms with Crippen molar-refractivity contribution < 1.29 is 13.2 Å². The Balaban J connectivity index is 1.99. The molecule has 1 N–H and O–H groups in total. The van der Waals surface area contributed by atoms with Gasteiger partial charge in [-0.3, -0.25) is 0 Å². The van der Waals surface area contributed by atoms with Crippen LogP contribution in [0.2, 0.25) is 0 Å². The van der Waals surface area contributed by atoms with E-state index >= 15 is 0 Å². The minimum Gasteiger partial charge on any atom is -0.366 e.